The standard InChI is InChI=1S/C22H20N2O3S2/c1-11-7-8-15(10-12(11)2)24-18(16-6-5-9-28-16)17(20(26)22(24)27)19(25)21-13(3)23-14(4)29-21/h5-10,18,26H,1-4H3. The highest BCUT2D eigenvalue weighted by molar-refractivity contribution is 7.14. The minimum atomic E-state index is -0.668. The van der Waals surface area contributed by atoms with Crippen LogP contribution < -0.4 is 4.90 Å². The molecule has 3 aromatic rings. The number of carbonyl (C=O) groups is 2. The average molecular weight is 425 g/mol. The summed E-state index contributed by atoms with van der Waals surface area (Å²) in [6.07, 6.45) is 0. The van der Waals surface area contributed by atoms with Crippen molar-refractivity contribution in [3.63, 3.8) is 0 Å². The number of hydrogen-bond donors (Lipinski definition) is 1. The molecular weight excluding hydrogens is 404 g/mol. The number of aryl methyl sites for hydroxylation is 4. The minimum Gasteiger partial charge on any atom is -0.503 e. The number of aromatic nitrogens is 1. The Morgan fingerprint density at radius 3 is 2.48 bits per heavy atom. The van der Waals surface area contributed by atoms with E-state index in [1.54, 1.807) is 6.92 Å². The van der Waals surface area contributed by atoms with E-state index < -0.39 is 17.7 Å². The van der Waals surface area contributed by atoms with E-state index in [9.17, 15) is 14.7 Å². The number of thiazole rings is 1. The van der Waals surface area contributed by atoms with Crippen molar-refractivity contribution >= 4 is 40.1 Å². The molecule has 2 aromatic heterocycles. The largest absolute Gasteiger partial charge is 0.503 e. The van der Waals surface area contributed by atoms with Crippen LogP contribution in [0, 0.1) is 27.7 Å². The second-order valence-corrected chi connectivity index (χ2v) is 9.28. The number of carbonyl (C=O) groups excluding carboxylic acids is 2. The highest BCUT2D eigenvalue weighted by Gasteiger charge is 2.45. The van der Waals surface area contributed by atoms with Crippen LogP contribution in [0.15, 0.2) is 47.0 Å². The van der Waals surface area contributed by atoms with E-state index in [0.29, 0.717) is 16.3 Å². The van der Waals surface area contributed by atoms with Gasteiger partial charge in [0.15, 0.2) is 5.76 Å². The van der Waals surface area contributed by atoms with Crippen LogP contribution >= 0.6 is 22.7 Å². The summed E-state index contributed by atoms with van der Waals surface area (Å²) >= 11 is 2.73. The quantitative estimate of drug-likeness (QED) is 0.583. The van der Waals surface area contributed by atoms with Crippen molar-refractivity contribution in [3.05, 3.63) is 78.6 Å². The monoisotopic (exact) mass is 424 g/mol. The van der Waals surface area contributed by atoms with E-state index in [4.69, 9.17) is 0 Å². The number of thiophene rings is 1. The average Bonchev–Trinajstić information content (AvgIpc) is 3.37. The molecule has 0 spiro atoms. The lowest BCUT2D eigenvalue weighted by molar-refractivity contribution is -0.117. The molecule has 0 aliphatic carbocycles. The Balaban J connectivity index is 1.88. The Labute approximate surface area is 177 Å². The molecule has 1 unspecified atom stereocenters. The van der Waals surface area contributed by atoms with E-state index in [-0.39, 0.29) is 11.4 Å². The van der Waals surface area contributed by atoms with Crippen LogP contribution in [-0.2, 0) is 4.79 Å². The normalized spacial score (nSPS) is 16.8. The lowest BCUT2D eigenvalue weighted by Gasteiger charge is -2.26. The number of ketones is 1. The third-order valence-corrected chi connectivity index (χ3v) is 7.14. The molecule has 5 nitrogen and oxygen atoms in total. The summed E-state index contributed by atoms with van der Waals surface area (Å²) in [5.74, 6) is -1.39. The lowest BCUT2D eigenvalue weighted by atomic mass is 9.99. The Kier molecular flexibility index (Phi) is 4.88. The van der Waals surface area contributed by atoms with E-state index in [1.807, 2.05) is 56.5 Å². The first-order valence-electron chi connectivity index (χ1n) is 9.15. The molecule has 1 aliphatic heterocycles. The van der Waals surface area contributed by atoms with Crippen molar-refractivity contribution in [1.29, 1.82) is 0 Å². The summed E-state index contributed by atoms with van der Waals surface area (Å²) < 4.78 is 0. The van der Waals surface area contributed by atoms with Gasteiger partial charge in [0, 0.05) is 10.6 Å². The van der Waals surface area contributed by atoms with Gasteiger partial charge in [0.1, 0.15) is 6.04 Å². The number of benzene rings is 1. The number of hydrogen-bond acceptors (Lipinski definition) is 6. The van der Waals surface area contributed by atoms with Gasteiger partial charge < -0.3 is 5.11 Å². The van der Waals surface area contributed by atoms with Crippen LogP contribution in [0.1, 0.15) is 42.4 Å². The van der Waals surface area contributed by atoms with Gasteiger partial charge in [-0.05, 0) is 62.4 Å². The molecule has 1 aromatic carbocycles. The van der Waals surface area contributed by atoms with E-state index in [1.165, 1.54) is 27.6 Å². The van der Waals surface area contributed by atoms with Gasteiger partial charge in [0.25, 0.3) is 5.91 Å². The molecule has 3 heterocycles. The van der Waals surface area contributed by atoms with Gasteiger partial charge in [-0.25, -0.2) is 4.98 Å². The van der Waals surface area contributed by atoms with Crippen LogP contribution in [0.5, 0.6) is 0 Å². The Hall–Kier alpha value is -2.77. The fraction of sp³-hybridized carbons (Fsp3) is 0.227. The van der Waals surface area contributed by atoms with Crippen LogP contribution in [-0.4, -0.2) is 21.8 Å². The van der Waals surface area contributed by atoms with Crippen molar-refractivity contribution in [2.24, 2.45) is 0 Å². The second-order valence-electron chi connectivity index (χ2n) is 7.10. The molecule has 1 aliphatic rings. The molecule has 29 heavy (non-hydrogen) atoms. The summed E-state index contributed by atoms with van der Waals surface area (Å²) in [5, 5.41) is 13.4. The first kappa shape index (κ1) is 19.5. The summed E-state index contributed by atoms with van der Waals surface area (Å²) in [6.45, 7) is 7.58. The summed E-state index contributed by atoms with van der Waals surface area (Å²) in [4.78, 5) is 33.7. The molecular formula is C22H20N2O3S2. The topological polar surface area (TPSA) is 70.5 Å². The van der Waals surface area contributed by atoms with Crippen molar-refractivity contribution in [2.75, 3.05) is 4.90 Å². The van der Waals surface area contributed by atoms with E-state index in [2.05, 4.69) is 4.98 Å². The summed E-state index contributed by atoms with van der Waals surface area (Å²) in [6, 6.07) is 8.80. The predicted octanol–water partition coefficient (Wildman–Crippen LogP) is 5.22. The highest BCUT2D eigenvalue weighted by Crippen LogP contribution is 2.44. The SMILES string of the molecule is Cc1nc(C)c(C(=O)C2=C(O)C(=O)N(c3ccc(C)c(C)c3)C2c2cccs2)s1. The molecule has 148 valence electrons. The molecule has 0 saturated carbocycles. The molecule has 1 amide bonds. The van der Waals surface area contributed by atoms with Gasteiger partial charge in [-0.15, -0.1) is 22.7 Å². The Morgan fingerprint density at radius 1 is 1.14 bits per heavy atom. The maximum atomic E-state index is 13.4. The number of aliphatic hydroxyl groups is 1. The van der Waals surface area contributed by atoms with Crippen LogP contribution in [0.4, 0.5) is 5.69 Å². The number of amides is 1. The first-order chi connectivity index (χ1) is 13.8. The zero-order valence-electron chi connectivity index (χ0n) is 16.5. The maximum Gasteiger partial charge on any atom is 0.294 e. The summed E-state index contributed by atoms with van der Waals surface area (Å²) in [7, 11) is 0. The number of rotatable bonds is 4. The van der Waals surface area contributed by atoms with Gasteiger partial charge in [-0.1, -0.05) is 12.1 Å². The molecule has 1 N–H and O–H groups in total. The molecule has 1 atom stereocenters. The third kappa shape index (κ3) is 3.20. The fourth-order valence-electron chi connectivity index (χ4n) is 3.56. The molecule has 0 saturated heterocycles. The fourth-order valence-corrected chi connectivity index (χ4v) is 5.26. The van der Waals surface area contributed by atoms with Crippen molar-refractivity contribution in [2.45, 2.75) is 33.7 Å². The number of aliphatic hydroxyl groups excluding tert-OH is 1. The lowest BCUT2D eigenvalue weighted by Crippen LogP contribution is -2.30. The number of Topliss-reactive ketones (excluding diaryl/α,β-unsaturated/α-hetero) is 1. The van der Waals surface area contributed by atoms with Crippen LogP contribution in [0.3, 0.4) is 0 Å². The molecule has 4 rings (SSSR count). The van der Waals surface area contributed by atoms with Crippen molar-refractivity contribution < 1.29 is 14.7 Å². The van der Waals surface area contributed by atoms with Crippen LogP contribution in [0.25, 0.3) is 0 Å². The Morgan fingerprint density at radius 2 is 1.90 bits per heavy atom. The highest BCUT2D eigenvalue weighted by atomic mass is 32.1. The van der Waals surface area contributed by atoms with Gasteiger partial charge in [-0.2, -0.15) is 0 Å². The first-order valence-corrected chi connectivity index (χ1v) is 10.8. The minimum absolute atomic E-state index is 0.113. The predicted molar refractivity (Wildman–Crippen MR) is 116 cm³/mol. The number of nitrogens with zero attached hydrogens (tertiary/aromatic N) is 2. The van der Waals surface area contributed by atoms with Crippen LogP contribution in [0.2, 0.25) is 0 Å². The van der Waals surface area contributed by atoms with E-state index >= 15 is 0 Å². The summed E-state index contributed by atoms with van der Waals surface area (Å²) in [5.41, 5.74) is 3.52. The molecule has 0 bridgehead atoms. The van der Waals surface area contributed by atoms with Crippen molar-refractivity contribution in [1.82, 2.24) is 4.98 Å². The molecule has 0 fully saturated rings. The van der Waals surface area contributed by atoms with Gasteiger partial charge in [0.05, 0.1) is 21.2 Å². The zero-order valence-corrected chi connectivity index (χ0v) is 18.1. The zero-order chi connectivity index (χ0) is 20.9. The second kappa shape index (κ2) is 7.24. The Bertz CT molecular complexity index is 1160. The smallest absolute Gasteiger partial charge is 0.294 e. The van der Waals surface area contributed by atoms with Gasteiger partial charge in [0.2, 0.25) is 5.78 Å². The van der Waals surface area contributed by atoms with Crippen molar-refractivity contribution in [3.8, 4) is 0 Å². The van der Waals surface area contributed by atoms with Gasteiger partial charge in [-0.3, -0.25) is 14.5 Å². The third-order valence-electron chi connectivity index (χ3n) is 5.14. The van der Waals surface area contributed by atoms with Gasteiger partial charge >= 0.3 is 0 Å². The molecule has 0 radical (unpaired) electrons. The number of anilines is 1. The maximum absolute atomic E-state index is 13.4. The molecule has 7 heteroatoms. The van der Waals surface area contributed by atoms with E-state index in [0.717, 1.165) is 21.0 Å².